The first-order valence-corrected chi connectivity index (χ1v) is 6.87. The van der Waals surface area contributed by atoms with Crippen molar-refractivity contribution in [3.05, 3.63) is 73.3 Å². The van der Waals surface area contributed by atoms with Gasteiger partial charge in [0.1, 0.15) is 17.8 Å². The molecule has 0 saturated carbocycles. The summed E-state index contributed by atoms with van der Waals surface area (Å²) in [7, 11) is 0. The molecule has 5 nitrogen and oxygen atoms in total. The van der Waals surface area contributed by atoms with Crippen LogP contribution in [-0.4, -0.2) is 19.6 Å². The van der Waals surface area contributed by atoms with Crippen molar-refractivity contribution in [1.29, 1.82) is 0 Å². The Balaban J connectivity index is 1.61. The van der Waals surface area contributed by atoms with Crippen molar-refractivity contribution in [2.75, 3.05) is 0 Å². The second kappa shape index (κ2) is 5.29. The molecule has 2 heterocycles. The number of fused-ring (bicyclic) bond motifs is 1. The summed E-state index contributed by atoms with van der Waals surface area (Å²) in [5, 5.41) is 7.72. The molecule has 0 saturated heterocycles. The Morgan fingerprint density at radius 2 is 1.59 bits per heavy atom. The fourth-order valence-electron chi connectivity index (χ4n) is 2.22. The molecule has 0 aliphatic carbocycles. The lowest BCUT2D eigenvalue weighted by Crippen LogP contribution is -1.89. The highest BCUT2D eigenvalue weighted by Crippen LogP contribution is 2.25. The Morgan fingerprint density at radius 1 is 0.818 bits per heavy atom. The summed E-state index contributed by atoms with van der Waals surface area (Å²) in [4.78, 5) is 4.27. The molecule has 0 atom stereocenters. The van der Waals surface area contributed by atoms with Crippen LogP contribution in [0.2, 0.25) is 0 Å². The smallest absolute Gasteiger partial charge is 0.254 e. The maximum atomic E-state index is 5.79. The van der Waals surface area contributed by atoms with Crippen LogP contribution >= 0.6 is 0 Å². The summed E-state index contributed by atoms with van der Waals surface area (Å²) >= 11 is 0. The second-order valence-corrected chi connectivity index (χ2v) is 4.82. The minimum Gasteiger partial charge on any atom is -0.457 e. The van der Waals surface area contributed by atoms with E-state index < -0.39 is 0 Å². The van der Waals surface area contributed by atoms with Crippen LogP contribution in [0.3, 0.4) is 0 Å². The van der Waals surface area contributed by atoms with Gasteiger partial charge in [0, 0.05) is 18.0 Å². The topological polar surface area (TPSA) is 52.3 Å². The minimum absolute atomic E-state index is 0.591. The monoisotopic (exact) mass is 288 g/mol. The Kier molecular flexibility index (Phi) is 3.01. The minimum atomic E-state index is 0.591. The van der Waals surface area contributed by atoms with Crippen molar-refractivity contribution < 1.29 is 4.74 Å². The molecule has 0 spiro atoms. The molecule has 22 heavy (non-hydrogen) atoms. The van der Waals surface area contributed by atoms with Crippen LogP contribution < -0.4 is 4.74 Å². The Morgan fingerprint density at radius 3 is 2.41 bits per heavy atom. The molecule has 4 rings (SSSR count). The number of benzene rings is 2. The van der Waals surface area contributed by atoms with Crippen LogP contribution in [0.1, 0.15) is 0 Å². The van der Waals surface area contributed by atoms with Gasteiger partial charge in [0.15, 0.2) is 0 Å². The van der Waals surface area contributed by atoms with Crippen LogP contribution in [0.25, 0.3) is 16.9 Å². The third kappa shape index (κ3) is 2.40. The highest BCUT2D eigenvalue weighted by molar-refractivity contribution is 5.63. The van der Waals surface area contributed by atoms with E-state index in [9.17, 15) is 0 Å². The van der Waals surface area contributed by atoms with Crippen molar-refractivity contribution in [2.45, 2.75) is 0 Å². The number of rotatable bonds is 3. The van der Waals surface area contributed by atoms with Gasteiger partial charge in [-0.2, -0.15) is 0 Å². The summed E-state index contributed by atoms with van der Waals surface area (Å²) in [6.07, 6.45) is 5.38. The van der Waals surface area contributed by atoms with E-state index in [4.69, 9.17) is 4.74 Å². The third-order valence-corrected chi connectivity index (χ3v) is 3.32. The lowest BCUT2D eigenvalue weighted by atomic mass is 10.1. The van der Waals surface area contributed by atoms with Crippen molar-refractivity contribution in [3.63, 3.8) is 0 Å². The molecular weight excluding hydrogens is 276 g/mol. The van der Waals surface area contributed by atoms with Crippen LogP contribution in [0.5, 0.6) is 11.5 Å². The maximum absolute atomic E-state index is 5.79. The third-order valence-electron chi connectivity index (χ3n) is 3.32. The van der Waals surface area contributed by atoms with E-state index in [1.165, 1.54) is 0 Å². The van der Waals surface area contributed by atoms with Crippen LogP contribution in [-0.2, 0) is 0 Å². The standard InChI is InChI=1S/C17H12N4O/c1-2-4-15(5-3-1)22-16-8-6-13(7-9-16)14-10-18-17-20-19-12-21(17)11-14/h1-12H. The summed E-state index contributed by atoms with van der Waals surface area (Å²) in [5.41, 5.74) is 2.06. The van der Waals surface area contributed by atoms with E-state index in [1.807, 2.05) is 60.8 Å². The Labute approximate surface area is 126 Å². The van der Waals surface area contributed by atoms with Gasteiger partial charge in [-0.25, -0.2) is 4.98 Å². The number of hydrogen-bond donors (Lipinski definition) is 0. The normalized spacial score (nSPS) is 10.7. The molecule has 0 fully saturated rings. The predicted octanol–water partition coefficient (Wildman–Crippen LogP) is 3.58. The lowest BCUT2D eigenvalue weighted by molar-refractivity contribution is 0.483. The highest BCUT2D eigenvalue weighted by Gasteiger charge is 2.03. The zero-order valence-electron chi connectivity index (χ0n) is 11.6. The molecule has 5 heteroatoms. The van der Waals surface area contributed by atoms with E-state index in [-0.39, 0.29) is 0 Å². The summed E-state index contributed by atoms with van der Waals surface area (Å²) in [6.45, 7) is 0. The van der Waals surface area contributed by atoms with Gasteiger partial charge >= 0.3 is 0 Å². The second-order valence-electron chi connectivity index (χ2n) is 4.82. The number of aromatic nitrogens is 4. The number of nitrogens with zero attached hydrogens (tertiary/aromatic N) is 4. The molecule has 0 aliphatic heterocycles. The number of hydrogen-bond acceptors (Lipinski definition) is 4. The fraction of sp³-hybridized carbons (Fsp3) is 0. The van der Waals surface area contributed by atoms with E-state index in [1.54, 1.807) is 16.9 Å². The molecule has 0 unspecified atom stereocenters. The van der Waals surface area contributed by atoms with Crippen LogP contribution in [0, 0.1) is 0 Å². The maximum Gasteiger partial charge on any atom is 0.254 e. The number of para-hydroxylation sites is 1. The van der Waals surface area contributed by atoms with E-state index in [2.05, 4.69) is 15.2 Å². The quantitative estimate of drug-likeness (QED) is 0.578. The van der Waals surface area contributed by atoms with Gasteiger partial charge in [0.2, 0.25) is 0 Å². The SMILES string of the molecule is c1ccc(Oc2ccc(-c3cnc4nncn4c3)cc2)cc1. The molecule has 0 N–H and O–H groups in total. The van der Waals surface area contributed by atoms with Gasteiger partial charge < -0.3 is 4.74 Å². The summed E-state index contributed by atoms with van der Waals surface area (Å²) < 4.78 is 7.58. The average molecular weight is 288 g/mol. The molecule has 106 valence electrons. The zero-order valence-corrected chi connectivity index (χ0v) is 11.6. The van der Waals surface area contributed by atoms with Gasteiger partial charge in [-0.1, -0.05) is 30.3 Å². The van der Waals surface area contributed by atoms with Crippen molar-refractivity contribution in [2.24, 2.45) is 0 Å². The van der Waals surface area contributed by atoms with Gasteiger partial charge in [0.25, 0.3) is 5.78 Å². The fourth-order valence-corrected chi connectivity index (χ4v) is 2.22. The Bertz CT molecular complexity index is 901. The highest BCUT2D eigenvalue weighted by atomic mass is 16.5. The van der Waals surface area contributed by atoms with E-state index >= 15 is 0 Å². The molecule has 0 radical (unpaired) electrons. The predicted molar refractivity (Wildman–Crippen MR) is 82.7 cm³/mol. The molecule has 4 aromatic rings. The van der Waals surface area contributed by atoms with Gasteiger partial charge in [-0.15, -0.1) is 10.2 Å². The van der Waals surface area contributed by atoms with Crippen molar-refractivity contribution in [3.8, 4) is 22.6 Å². The largest absolute Gasteiger partial charge is 0.457 e. The molecule has 0 aliphatic rings. The average Bonchev–Trinajstić information content (AvgIpc) is 3.04. The van der Waals surface area contributed by atoms with Gasteiger partial charge in [-0.05, 0) is 29.8 Å². The van der Waals surface area contributed by atoms with Crippen molar-refractivity contribution >= 4 is 5.78 Å². The van der Waals surface area contributed by atoms with Gasteiger partial charge in [0.05, 0.1) is 0 Å². The molecule has 0 amide bonds. The van der Waals surface area contributed by atoms with Crippen molar-refractivity contribution in [1.82, 2.24) is 19.6 Å². The van der Waals surface area contributed by atoms with E-state index in [0.717, 1.165) is 22.6 Å². The first kappa shape index (κ1) is 12.5. The Hall–Kier alpha value is -3.21. The first-order chi connectivity index (χ1) is 10.9. The van der Waals surface area contributed by atoms with Gasteiger partial charge in [-0.3, -0.25) is 4.40 Å². The van der Waals surface area contributed by atoms with Crippen LogP contribution in [0.4, 0.5) is 0 Å². The lowest BCUT2D eigenvalue weighted by Gasteiger charge is -2.07. The summed E-state index contributed by atoms with van der Waals surface area (Å²) in [6, 6.07) is 17.6. The zero-order chi connectivity index (χ0) is 14.8. The first-order valence-electron chi connectivity index (χ1n) is 6.87. The van der Waals surface area contributed by atoms with Crippen LogP contribution in [0.15, 0.2) is 73.3 Å². The molecule has 2 aromatic carbocycles. The van der Waals surface area contributed by atoms with E-state index in [0.29, 0.717) is 5.78 Å². The summed E-state index contributed by atoms with van der Waals surface area (Å²) in [5.74, 6) is 2.21. The molecular formula is C17H12N4O. The molecule has 0 bridgehead atoms. The molecule has 2 aromatic heterocycles. The number of ether oxygens (including phenoxy) is 1.